The standard InChI is InChI=1S/C19H15ClN4O2.C14H9NO2.C5H6ClN3/c1-12-11-16(20)23-18(21-12)24-19(26)22-15-9-7-14(8-10-15)17(25)13-5-3-2-4-6-13;16-10-15-13-8-6-12(7-9-13)14(17)11-4-2-1-3-5-11;1-3-2-4(6)9-5(7)8-3/h2-11H,1H3,(H2,21,22,23,24,26);1-9H;2H,1H3,(H2,7,8,9). The molecule has 0 radical (unpaired) electrons. The first-order chi connectivity index (χ1) is 25.0. The SMILES string of the molecule is Cc1cc(Cl)nc(N)n1.Cc1cc(Cl)nc(NC(=O)Nc2ccc(C(=O)c3ccccc3)cc2)n1.O=C=Nc1ccc(C(=O)c2ccccc2)cc1. The first-order valence-corrected chi connectivity index (χ1v) is 16.1. The summed E-state index contributed by atoms with van der Waals surface area (Å²) in [4.78, 5) is 65.4. The molecule has 12 nitrogen and oxygen atoms in total. The maximum absolute atomic E-state index is 12.4. The predicted octanol–water partition coefficient (Wildman–Crippen LogP) is 8.22. The molecule has 2 heterocycles. The monoisotopic (exact) mass is 732 g/mol. The summed E-state index contributed by atoms with van der Waals surface area (Å²) in [5, 5.41) is 5.80. The Morgan fingerprint density at radius 2 is 1.08 bits per heavy atom. The van der Waals surface area contributed by atoms with E-state index in [0.29, 0.717) is 44.5 Å². The van der Waals surface area contributed by atoms with Gasteiger partial charge in [0.2, 0.25) is 18.0 Å². The largest absolute Gasteiger partial charge is 0.368 e. The summed E-state index contributed by atoms with van der Waals surface area (Å²) in [7, 11) is 0. The average Bonchev–Trinajstić information content (AvgIpc) is 3.12. The number of nitrogens with two attached hydrogens (primary N) is 1. The second-order valence-electron chi connectivity index (χ2n) is 10.6. The predicted molar refractivity (Wildman–Crippen MR) is 201 cm³/mol. The van der Waals surface area contributed by atoms with Gasteiger partial charge in [0.05, 0.1) is 5.69 Å². The van der Waals surface area contributed by atoms with E-state index in [2.05, 4.69) is 35.6 Å². The molecule has 0 aliphatic heterocycles. The molecular weight excluding hydrogens is 703 g/mol. The number of carbonyl (C=O) groups is 3. The number of aliphatic imine (C=N–C) groups is 1. The number of nitrogens with zero attached hydrogens (tertiary/aromatic N) is 5. The Labute approximate surface area is 308 Å². The Hall–Kier alpha value is -6.59. The molecule has 0 fully saturated rings. The molecule has 14 heteroatoms. The molecule has 0 atom stereocenters. The highest BCUT2D eigenvalue weighted by Crippen LogP contribution is 2.17. The molecule has 260 valence electrons. The number of nitrogen functional groups attached to an aromatic ring is 1. The number of urea groups is 1. The highest BCUT2D eigenvalue weighted by molar-refractivity contribution is 6.29. The van der Waals surface area contributed by atoms with Gasteiger partial charge >= 0.3 is 6.03 Å². The van der Waals surface area contributed by atoms with Gasteiger partial charge in [0.15, 0.2) is 11.6 Å². The van der Waals surface area contributed by atoms with Crippen LogP contribution >= 0.6 is 23.2 Å². The molecule has 4 aromatic carbocycles. The summed E-state index contributed by atoms with van der Waals surface area (Å²) in [6.07, 6.45) is 1.45. The van der Waals surface area contributed by atoms with Crippen LogP contribution in [0.2, 0.25) is 10.3 Å². The minimum Gasteiger partial charge on any atom is -0.368 e. The van der Waals surface area contributed by atoms with E-state index in [1.54, 1.807) is 91.9 Å². The van der Waals surface area contributed by atoms with Crippen molar-refractivity contribution in [3.8, 4) is 0 Å². The fraction of sp³-hybridized carbons (Fsp3) is 0.0526. The molecule has 2 amide bonds. The number of aryl methyl sites for hydroxylation is 2. The summed E-state index contributed by atoms with van der Waals surface area (Å²) in [6.45, 7) is 3.56. The van der Waals surface area contributed by atoms with E-state index in [1.165, 1.54) is 6.08 Å². The topological polar surface area (TPSA) is 182 Å². The van der Waals surface area contributed by atoms with E-state index < -0.39 is 6.03 Å². The molecule has 0 unspecified atom stereocenters. The molecule has 0 saturated carbocycles. The van der Waals surface area contributed by atoms with Crippen LogP contribution in [0.25, 0.3) is 0 Å². The van der Waals surface area contributed by atoms with E-state index in [1.807, 2.05) is 43.3 Å². The molecule has 0 aliphatic rings. The summed E-state index contributed by atoms with van der Waals surface area (Å²) < 4.78 is 0. The fourth-order valence-electron chi connectivity index (χ4n) is 4.36. The van der Waals surface area contributed by atoms with Crippen LogP contribution in [0.3, 0.4) is 0 Å². The van der Waals surface area contributed by atoms with Gasteiger partial charge in [-0.25, -0.2) is 29.5 Å². The van der Waals surface area contributed by atoms with E-state index in [-0.39, 0.29) is 28.6 Å². The summed E-state index contributed by atoms with van der Waals surface area (Å²) in [6, 6.07) is 33.9. The molecule has 0 aliphatic carbocycles. The third-order valence-electron chi connectivity index (χ3n) is 6.67. The summed E-state index contributed by atoms with van der Waals surface area (Å²) in [5.41, 5.74) is 10.1. The molecule has 6 aromatic rings. The smallest absolute Gasteiger partial charge is 0.326 e. The fourth-order valence-corrected chi connectivity index (χ4v) is 4.84. The Morgan fingerprint density at radius 3 is 1.54 bits per heavy atom. The van der Waals surface area contributed by atoms with Crippen LogP contribution in [0.4, 0.5) is 28.1 Å². The highest BCUT2D eigenvalue weighted by atomic mass is 35.5. The molecule has 52 heavy (non-hydrogen) atoms. The van der Waals surface area contributed by atoms with Crippen LogP contribution in [0.5, 0.6) is 0 Å². The number of benzene rings is 4. The lowest BCUT2D eigenvalue weighted by molar-refractivity contribution is 0.103. The van der Waals surface area contributed by atoms with Crippen molar-refractivity contribution in [2.45, 2.75) is 13.8 Å². The van der Waals surface area contributed by atoms with Gasteiger partial charge < -0.3 is 11.1 Å². The number of amides is 2. The Morgan fingerprint density at radius 1 is 0.615 bits per heavy atom. The Kier molecular flexibility index (Phi) is 13.9. The number of hydrogen-bond acceptors (Lipinski definition) is 10. The minimum atomic E-state index is -0.506. The van der Waals surface area contributed by atoms with Crippen molar-refractivity contribution in [2.24, 2.45) is 4.99 Å². The van der Waals surface area contributed by atoms with Crippen molar-refractivity contribution in [2.75, 3.05) is 16.4 Å². The number of aromatic nitrogens is 4. The molecule has 4 N–H and O–H groups in total. The van der Waals surface area contributed by atoms with Crippen molar-refractivity contribution in [3.05, 3.63) is 165 Å². The maximum atomic E-state index is 12.4. The molecule has 6 rings (SSSR count). The van der Waals surface area contributed by atoms with E-state index in [4.69, 9.17) is 28.9 Å². The zero-order valence-corrected chi connectivity index (χ0v) is 29.3. The van der Waals surface area contributed by atoms with Crippen LogP contribution < -0.4 is 16.4 Å². The van der Waals surface area contributed by atoms with Crippen molar-refractivity contribution in [1.82, 2.24) is 19.9 Å². The lowest BCUT2D eigenvalue weighted by Gasteiger charge is -2.08. The Bertz CT molecular complexity index is 2130. The number of halogens is 2. The van der Waals surface area contributed by atoms with Gasteiger partial charge in [-0.3, -0.25) is 14.9 Å². The van der Waals surface area contributed by atoms with Crippen molar-refractivity contribution >= 4 is 70.2 Å². The number of anilines is 3. The molecule has 0 saturated heterocycles. The van der Waals surface area contributed by atoms with Crippen LogP contribution in [-0.2, 0) is 4.79 Å². The van der Waals surface area contributed by atoms with E-state index in [9.17, 15) is 19.2 Å². The average molecular weight is 734 g/mol. The van der Waals surface area contributed by atoms with Crippen molar-refractivity contribution in [1.29, 1.82) is 0 Å². The Balaban J connectivity index is 0.000000198. The van der Waals surface area contributed by atoms with Crippen LogP contribution in [-0.4, -0.2) is 43.6 Å². The first kappa shape index (κ1) is 38.2. The van der Waals surface area contributed by atoms with Gasteiger partial charge in [-0.05, 0) is 74.5 Å². The second-order valence-corrected chi connectivity index (χ2v) is 11.4. The highest BCUT2D eigenvalue weighted by Gasteiger charge is 2.11. The van der Waals surface area contributed by atoms with Crippen molar-refractivity contribution in [3.63, 3.8) is 0 Å². The van der Waals surface area contributed by atoms with Gasteiger partial charge in [-0.2, -0.15) is 4.99 Å². The van der Waals surface area contributed by atoms with Crippen LogP contribution in [0, 0.1) is 13.8 Å². The third kappa shape index (κ3) is 12.1. The first-order valence-electron chi connectivity index (χ1n) is 15.3. The lowest BCUT2D eigenvalue weighted by Crippen LogP contribution is -2.21. The van der Waals surface area contributed by atoms with E-state index >= 15 is 0 Å². The molecule has 0 bridgehead atoms. The van der Waals surface area contributed by atoms with E-state index in [0.717, 1.165) is 5.69 Å². The van der Waals surface area contributed by atoms with Gasteiger partial charge in [-0.15, -0.1) is 0 Å². The number of nitrogens with one attached hydrogen (secondary N) is 2. The zero-order chi connectivity index (χ0) is 37.5. The number of ketones is 2. The second kappa shape index (κ2) is 19.0. The number of hydrogen-bond donors (Lipinski definition) is 3. The van der Waals surface area contributed by atoms with Crippen LogP contribution in [0.1, 0.15) is 43.2 Å². The van der Waals surface area contributed by atoms with Crippen molar-refractivity contribution < 1.29 is 19.2 Å². The lowest BCUT2D eigenvalue weighted by atomic mass is 10.0. The molecular formula is C38H30Cl2N8O4. The van der Waals surface area contributed by atoms with Gasteiger partial charge in [0.1, 0.15) is 10.3 Å². The summed E-state index contributed by atoms with van der Waals surface area (Å²) in [5.74, 6) is 0.208. The normalized spacial score (nSPS) is 9.85. The van der Waals surface area contributed by atoms with Gasteiger partial charge in [0, 0.05) is 39.3 Å². The minimum absolute atomic E-state index is 0.0489. The molecule has 0 spiro atoms. The van der Waals surface area contributed by atoms with Crippen LogP contribution in [0.15, 0.2) is 126 Å². The zero-order valence-electron chi connectivity index (χ0n) is 27.7. The third-order valence-corrected chi connectivity index (χ3v) is 7.06. The van der Waals surface area contributed by atoms with Gasteiger partial charge in [-0.1, -0.05) is 83.9 Å². The molecule has 2 aromatic heterocycles. The quantitative estimate of drug-likeness (QED) is 0.0630. The number of rotatable bonds is 7. The summed E-state index contributed by atoms with van der Waals surface area (Å²) >= 11 is 11.4. The van der Waals surface area contributed by atoms with Gasteiger partial charge in [0.25, 0.3) is 0 Å². The maximum Gasteiger partial charge on any atom is 0.326 e. The number of carbonyl (C=O) groups excluding carboxylic acids is 4. The number of isocyanates is 1.